The van der Waals surface area contributed by atoms with Crippen LogP contribution in [0.3, 0.4) is 0 Å². The lowest BCUT2D eigenvalue weighted by Gasteiger charge is -2.21. The van der Waals surface area contributed by atoms with Crippen molar-refractivity contribution in [3.63, 3.8) is 0 Å². The molecule has 0 spiro atoms. The van der Waals surface area contributed by atoms with Gasteiger partial charge in [-0.15, -0.1) is 5.12 Å². The summed E-state index contributed by atoms with van der Waals surface area (Å²) in [7, 11) is -2.67. The molecule has 1 unspecified atom stereocenters. The van der Waals surface area contributed by atoms with Crippen LogP contribution in [0.1, 0.15) is 5.56 Å². The summed E-state index contributed by atoms with van der Waals surface area (Å²) in [6, 6.07) is 10.6. The third-order valence-corrected chi connectivity index (χ3v) is 5.22. The van der Waals surface area contributed by atoms with Crippen molar-refractivity contribution in [2.24, 2.45) is 5.73 Å². The van der Waals surface area contributed by atoms with Crippen molar-refractivity contribution in [3.05, 3.63) is 78.4 Å². The van der Waals surface area contributed by atoms with Crippen molar-refractivity contribution in [1.82, 2.24) is 5.12 Å². The summed E-state index contributed by atoms with van der Waals surface area (Å²) in [5, 5.41) is 9.55. The Hall–Kier alpha value is -4.12. The molecule has 0 heterocycles. The van der Waals surface area contributed by atoms with E-state index in [1.807, 2.05) is 0 Å². The molecule has 0 saturated heterocycles. The Morgan fingerprint density at radius 1 is 1.09 bits per heavy atom. The van der Waals surface area contributed by atoms with Crippen LogP contribution < -0.4 is 20.5 Å². The number of anilines is 1. The summed E-state index contributed by atoms with van der Waals surface area (Å²) in [5.41, 5.74) is 6.26. The molecule has 0 saturated carbocycles. The number of carbonyl (C=O) groups excluding carboxylic acids is 1. The van der Waals surface area contributed by atoms with Gasteiger partial charge in [-0.2, -0.15) is 8.42 Å². The van der Waals surface area contributed by atoms with Crippen LogP contribution in [0.15, 0.2) is 72.8 Å². The van der Waals surface area contributed by atoms with Gasteiger partial charge in [-0.1, -0.05) is 28.8 Å². The number of benzene rings is 2. The summed E-state index contributed by atoms with van der Waals surface area (Å²) >= 11 is 0. The predicted octanol–water partition coefficient (Wildman–Crippen LogP) is 2.69. The fraction of sp³-hybridized carbons (Fsp3) is 0.136. The summed E-state index contributed by atoms with van der Waals surface area (Å²) in [4.78, 5) is 12.0. The van der Waals surface area contributed by atoms with Crippen molar-refractivity contribution >= 4 is 32.7 Å². The average molecular weight is 472 g/mol. The van der Waals surface area contributed by atoms with Crippen molar-refractivity contribution in [1.29, 1.82) is 5.41 Å². The van der Waals surface area contributed by atoms with Gasteiger partial charge in [0.2, 0.25) is 10.3 Å². The topological polar surface area (TPSA) is 135 Å². The summed E-state index contributed by atoms with van der Waals surface area (Å²) < 4.78 is 48.2. The van der Waals surface area contributed by atoms with Gasteiger partial charge in [0.25, 0.3) is 0 Å². The van der Waals surface area contributed by atoms with Crippen LogP contribution in [-0.2, 0) is 10.3 Å². The molecule has 1 aliphatic carbocycles. The van der Waals surface area contributed by atoms with Gasteiger partial charge >= 0.3 is 6.03 Å². The van der Waals surface area contributed by atoms with Crippen LogP contribution in [0.25, 0.3) is 0 Å². The number of nitrogens with two attached hydrogens (primary N) is 1. The molecule has 2 amide bonds. The molecule has 9 nitrogen and oxygen atoms in total. The van der Waals surface area contributed by atoms with E-state index in [1.54, 1.807) is 42.5 Å². The minimum absolute atomic E-state index is 0.0290. The fourth-order valence-corrected chi connectivity index (χ4v) is 3.43. The predicted molar refractivity (Wildman–Crippen MR) is 123 cm³/mol. The summed E-state index contributed by atoms with van der Waals surface area (Å²) in [5.74, 6) is 0.982. The zero-order chi connectivity index (χ0) is 23.8. The highest BCUT2D eigenvalue weighted by molar-refractivity contribution is 7.73. The normalized spacial score (nSPS) is 14.5. The molecule has 3 rings (SSSR count). The van der Waals surface area contributed by atoms with Gasteiger partial charge in [0.15, 0.2) is 0 Å². The van der Waals surface area contributed by atoms with E-state index in [-0.39, 0.29) is 34.7 Å². The van der Waals surface area contributed by atoms with Gasteiger partial charge in [0, 0.05) is 17.3 Å². The van der Waals surface area contributed by atoms with E-state index in [2.05, 4.69) is 5.32 Å². The number of nitrogens with one attached hydrogen (secondary N) is 2. The number of nitrogens with zero attached hydrogens (tertiary/aromatic N) is 1. The highest BCUT2D eigenvalue weighted by Gasteiger charge is 2.27. The first kappa shape index (κ1) is 23.5. The first-order valence-electron chi connectivity index (χ1n) is 9.72. The number of nitrogen functional groups attached to an aromatic ring is 1. The number of allylic oxidation sites excluding steroid dienone is 2. The third-order valence-electron chi connectivity index (χ3n) is 4.46. The maximum atomic E-state index is 14.5. The molecule has 0 aliphatic heterocycles. The summed E-state index contributed by atoms with van der Waals surface area (Å²) in [6.45, 7) is 0.439. The molecule has 0 bridgehead atoms. The minimum Gasteiger partial charge on any atom is -0.490 e. The molecule has 0 radical (unpaired) electrons. The average Bonchev–Trinajstić information content (AvgIpc) is 2.82. The SMILES string of the molecule is N=C(N)c1ccc(OCCOc2cccc(NC(=O)N(F)C3C=CC=CC3=S(=O)=O)c2)cc1. The first-order valence-corrected chi connectivity index (χ1v) is 10.8. The van der Waals surface area contributed by atoms with Gasteiger partial charge in [0.05, 0.1) is 0 Å². The Labute approximate surface area is 190 Å². The van der Waals surface area contributed by atoms with Crippen molar-refractivity contribution in [3.8, 4) is 11.5 Å². The van der Waals surface area contributed by atoms with E-state index in [9.17, 15) is 17.7 Å². The van der Waals surface area contributed by atoms with E-state index in [4.69, 9.17) is 20.6 Å². The lowest BCUT2D eigenvalue weighted by Crippen LogP contribution is -2.41. The van der Waals surface area contributed by atoms with Crippen LogP contribution in [0.4, 0.5) is 15.0 Å². The first-order chi connectivity index (χ1) is 15.8. The number of hydrogen-bond donors (Lipinski definition) is 3. The number of carbonyl (C=O) groups is 1. The molecule has 0 aromatic heterocycles. The smallest absolute Gasteiger partial charge is 0.350 e. The van der Waals surface area contributed by atoms with Gasteiger partial charge in [-0.05, 0) is 42.5 Å². The summed E-state index contributed by atoms with van der Waals surface area (Å²) in [6.07, 6.45) is 5.38. The van der Waals surface area contributed by atoms with Crippen LogP contribution in [0.2, 0.25) is 0 Å². The molecular weight excluding hydrogens is 451 g/mol. The molecule has 1 atom stereocenters. The zero-order valence-electron chi connectivity index (χ0n) is 17.3. The quantitative estimate of drug-likeness (QED) is 0.178. The Morgan fingerprint density at radius 2 is 1.79 bits per heavy atom. The van der Waals surface area contributed by atoms with Gasteiger partial charge in [-0.3, -0.25) is 5.41 Å². The Balaban J connectivity index is 1.52. The van der Waals surface area contributed by atoms with Gasteiger partial charge in [-0.25, -0.2) is 4.79 Å². The number of halogens is 1. The molecule has 1 aliphatic rings. The second kappa shape index (κ2) is 11.0. The van der Waals surface area contributed by atoms with Crippen molar-refractivity contribution in [2.45, 2.75) is 6.04 Å². The Bertz CT molecular complexity index is 1220. The molecule has 172 valence electrons. The third kappa shape index (κ3) is 6.43. The number of rotatable bonds is 8. The van der Waals surface area contributed by atoms with E-state index < -0.39 is 22.4 Å². The van der Waals surface area contributed by atoms with E-state index in [0.717, 1.165) is 0 Å². The van der Waals surface area contributed by atoms with E-state index in [1.165, 1.54) is 30.4 Å². The lowest BCUT2D eigenvalue weighted by molar-refractivity contribution is 0.0716. The van der Waals surface area contributed by atoms with E-state index in [0.29, 0.717) is 17.1 Å². The Morgan fingerprint density at radius 3 is 2.45 bits per heavy atom. The molecule has 4 N–H and O–H groups in total. The number of amides is 2. The standard InChI is InChI=1S/C22H21FN4O5S/c23-27(19-6-1-2-7-20(19)33(29)30)22(28)26-16-4-3-5-18(14-16)32-13-12-31-17-10-8-15(9-11-17)21(24)25/h1-11,14,19H,12-13H2,(H3,24,25)(H,26,28). The van der Waals surface area contributed by atoms with Gasteiger partial charge in [0.1, 0.15) is 41.5 Å². The molecule has 33 heavy (non-hydrogen) atoms. The molecule has 11 heteroatoms. The second-order valence-corrected chi connectivity index (χ2v) is 7.67. The highest BCUT2D eigenvalue weighted by Crippen LogP contribution is 2.19. The minimum atomic E-state index is -2.67. The largest absolute Gasteiger partial charge is 0.490 e. The molecule has 2 aromatic rings. The van der Waals surface area contributed by atoms with Crippen molar-refractivity contribution < 1.29 is 27.2 Å². The van der Waals surface area contributed by atoms with Crippen LogP contribution in [0.5, 0.6) is 11.5 Å². The number of urea groups is 1. The van der Waals surface area contributed by atoms with E-state index >= 15 is 0 Å². The maximum absolute atomic E-state index is 14.5. The van der Waals surface area contributed by atoms with Gasteiger partial charge < -0.3 is 20.5 Å². The number of hydrogen-bond acceptors (Lipinski definition) is 6. The number of ether oxygens (including phenoxy) is 2. The maximum Gasteiger partial charge on any atom is 0.350 e. The monoisotopic (exact) mass is 472 g/mol. The molecular formula is C22H21FN4O5S. The van der Waals surface area contributed by atoms with Crippen LogP contribution in [0, 0.1) is 5.41 Å². The Kier molecular flexibility index (Phi) is 7.82. The fourth-order valence-electron chi connectivity index (χ4n) is 2.87. The molecule has 0 fully saturated rings. The number of amidine groups is 1. The lowest BCUT2D eigenvalue weighted by atomic mass is 10.1. The second-order valence-electron chi connectivity index (χ2n) is 6.73. The highest BCUT2D eigenvalue weighted by atomic mass is 32.2. The van der Waals surface area contributed by atoms with Crippen LogP contribution in [-0.4, -0.2) is 49.5 Å². The zero-order valence-corrected chi connectivity index (χ0v) is 18.1. The molecule has 2 aromatic carbocycles. The van der Waals surface area contributed by atoms with Crippen LogP contribution >= 0.6 is 0 Å². The van der Waals surface area contributed by atoms with Crippen molar-refractivity contribution in [2.75, 3.05) is 18.5 Å².